The van der Waals surface area contributed by atoms with Crippen LogP contribution >= 0.6 is 0 Å². The molecular formula is C11H12N2O5S. The lowest BCUT2D eigenvalue weighted by Crippen LogP contribution is -2.15. The Morgan fingerprint density at radius 3 is 2.21 bits per heavy atom. The van der Waals surface area contributed by atoms with Crippen LogP contribution in [0.5, 0.6) is 0 Å². The van der Waals surface area contributed by atoms with Crippen LogP contribution in [0.25, 0.3) is 0 Å². The fourth-order valence-corrected chi connectivity index (χ4v) is 1.72. The average molecular weight is 284 g/mol. The number of primary sulfonamides is 1. The first-order valence-electron chi connectivity index (χ1n) is 5.04. The lowest BCUT2D eigenvalue weighted by Gasteiger charge is -2.05. The molecule has 1 aromatic rings. The van der Waals surface area contributed by atoms with Gasteiger partial charge in [0.1, 0.15) is 0 Å². The highest BCUT2D eigenvalue weighted by Gasteiger charge is 2.11. The summed E-state index contributed by atoms with van der Waals surface area (Å²) in [4.78, 5) is 21.8. The highest BCUT2D eigenvalue weighted by molar-refractivity contribution is 7.89. The van der Waals surface area contributed by atoms with Crippen LogP contribution in [-0.4, -0.2) is 25.4 Å². The zero-order chi connectivity index (χ0) is 14.6. The van der Waals surface area contributed by atoms with E-state index < -0.39 is 21.9 Å². The minimum absolute atomic E-state index is 0.0829. The van der Waals surface area contributed by atoms with E-state index in [4.69, 9.17) is 10.2 Å². The van der Waals surface area contributed by atoms with Crippen molar-refractivity contribution in [2.75, 3.05) is 5.32 Å². The number of nitrogens with one attached hydrogen (secondary N) is 1. The second-order valence-electron chi connectivity index (χ2n) is 3.70. The number of carboxylic acid groups (broad SMARTS) is 1. The molecule has 0 atom stereocenters. The van der Waals surface area contributed by atoms with Crippen molar-refractivity contribution in [3.05, 3.63) is 36.4 Å². The van der Waals surface area contributed by atoms with Crippen molar-refractivity contribution < 1.29 is 23.1 Å². The summed E-state index contributed by atoms with van der Waals surface area (Å²) >= 11 is 0. The Bertz CT molecular complexity index is 619. The van der Waals surface area contributed by atoms with E-state index in [1.807, 2.05) is 0 Å². The topological polar surface area (TPSA) is 127 Å². The monoisotopic (exact) mass is 284 g/mol. The van der Waals surface area contributed by atoms with Gasteiger partial charge in [-0.15, -0.1) is 0 Å². The average Bonchev–Trinajstić information content (AvgIpc) is 2.28. The van der Waals surface area contributed by atoms with Gasteiger partial charge in [0.2, 0.25) is 15.9 Å². The van der Waals surface area contributed by atoms with Gasteiger partial charge in [-0.05, 0) is 24.3 Å². The third kappa shape index (κ3) is 4.53. The first-order chi connectivity index (χ1) is 8.70. The zero-order valence-corrected chi connectivity index (χ0v) is 10.6. The van der Waals surface area contributed by atoms with E-state index in [2.05, 4.69) is 11.9 Å². The molecule has 0 saturated heterocycles. The molecule has 0 fully saturated rings. The molecule has 0 aliphatic rings. The van der Waals surface area contributed by atoms with Crippen LogP contribution in [0.3, 0.4) is 0 Å². The lowest BCUT2D eigenvalue weighted by atomic mass is 10.2. The number of carboxylic acids is 1. The third-order valence-corrected chi connectivity index (χ3v) is 3.07. The highest BCUT2D eigenvalue weighted by atomic mass is 32.2. The van der Waals surface area contributed by atoms with Gasteiger partial charge in [-0.25, -0.2) is 18.4 Å². The van der Waals surface area contributed by atoms with Crippen LogP contribution in [0.4, 0.5) is 5.69 Å². The number of nitrogens with two attached hydrogens (primary N) is 1. The van der Waals surface area contributed by atoms with Crippen molar-refractivity contribution >= 4 is 27.6 Å². The SMILES string of the molecule is C=C(CC(=O)Nc1ccc(S(N)(=O)=O)cc1)C(=O)O. The van der Waals surface area contributed by atoms with Gasteiger partial charge in [0.25, 0.3) is 0 Å². The molecule has 0 saturated carbocycles. The van der Waals surface area contributed by atoms with E-state index in [0.29, 0.717) is 5.69 Å². The number of hydrogen-bond acceptors (Lipinski definition) is 4. The summed E-state index contributed by atoms with van der Waals surface area (Å²) in [7, 11) is -3.78. The number of benzene rings is 1. The second-order valence-corrected chi connectivity index (χ2v) is 5.26. The van der Waals surface area contributed by atoms with Gasteiger partial charge in [-0.3, -0.25) is 4.79 Å². The number of hydrogen-bond donors (Lipinski definition) is 3. The molecule has 0 radical (unpaired) electrons. The van der Waals surface area contributed by atoms with E-state index in [-0.39, 0.29) is 16.9 Å². The fourth-order valence-electron chi connectivity index (χ4n) is 1.20. The summed E-state index contributed by atoms with van der Waals surface area (Å²) in [5, 5.41) is 15.9. The van der Waals surface area contributed by atoms with Crippen molar-refractivity contribution in [3.63, 3.8) is 0 Å². The number of carbonyl (C=O) groups excluding carboxylic acids is 1. The maximum absolute atomic E-state index is 11.4. The van der Waals surface area contributed by atoms with Gasteiger partial charge >= 0.3 is 5.97 Å². The molecule has 0 aliphatic heterocycles. The molecule has 19 heavy (non-hydrogen) atoms. The molecule has 1 amide bonds. The maximum Gasteiger partial charge on any atom is 0.331 e. The molecule has 7 nitrogen and oxygen atoms in total. The van der Waals surface area contributed by atoms with Crippen molar-refractivity contribution in [1.82, 2.24) is 0 Å². The molecule has 102 valence electrons. The molecule has 0 bridgehead atoms. The van der Waals surface area contributed by atoms with E-state index >= 15 is 0 Å². The minimum atomic E-state index is -3.78. The van der Waals surface area contributed by atoms with Crippen molar-refractivity contribution in [3.8, 4) is 0 Å². The van der Waals surface area contributed by atoms with Crippen LogP contribution in [0.15, 0.2) is 41.3 Å². The van der Waals surface area contributed by atoms with Gasteiger partial charge in [0.15, 0.2) is 0 Å². The molecule has 1 rings (SSSR count). The zero-order valence-electron chi connectivity index (χ0n) is 9.79. The van der Waals surface area contributed by atoms with E-state index in [1.165, 1.54) is 24.3 Å². The van der Waals surface area contributed by atoms with Crippen LogP contribution in [0.1, 0.15) is 6.42 Å². The first kappa shape index (κ1) is 14.9. The van der Waals surface area contributed by atoms with E-state index in [9.17, 15) is 18.0 Å². The minimum Gasteiger partial charge on any atom is -0.478 e. The van der Waals surface area contributed by atoms with Crippen LogP contribution in [-0.2, 0) is 19.6 Å². The normalized spacial score (nSPS) is 10.8. The van der Waals surface area contributed by atoms with Gasteiger partial charge in [0.05, 0.1) is 11.3 Å². The van der Waals surface area contributed by atoms with E-state index in [0.717, 1.165) is 0 Å². The number of anilines is 1. The fraction of sp³-hybridized carbons (Fsp3) is 0.0909. The summed E-state index contributed by atoms with van der Waals surface area (Å²) in [5.74, 6) is -1.81. The Labute approximate surface area is 109 Å². The standard InChI is InChI=1S/C11H12N2O5S/c1-7(11(15)16)6-10(14)13-8-2-4-9(5-3-8)19(12,17)18/h2-5H,1,6H2,(H,13,14)(H,15,16)(H2,12,17,18). The Morgan fingerprint density at radius 2 is 1.79 bits per heavy atom. The molecule has 1 aromatic carbocycles. The van der Waals surface area contributed by atoms with E-state index in [1.54, 1.807) is 0 Å². The van der Waals surface area contributed by atoms with Crippen molar-refractivity contribution in [1.29, 1.82) is 0 Å². The predicted octanol–water partition coefficient (Wildman–Crippen LogP) is 0.303. The van der Waals surface area contributed by atoms with Crippen molar-refractivity contribution in [2.24, 2.45) is 5.14 Å². The second kappa shape index (κ2) is 5.63. The van der Waals surface area contributed by atoms with Crippen LogP contribution < -0.4 is 10.5 Å². The smallest absolute Gasteiger partial charge is 0.331 e. The van der Waals surface area contributed by atoms with Crippen LogP contribution in [0, 0.1) is 0 Å². The molecule has 0 spiro atoms. The molecule has 4 N–H and O–H groups in total. The Kier molecular flexibility index (Phi) is 4.41. The Hall–Kier alpha value is -2.19. The Morgan fingerprint density at radius 1 is 1.26 bits per heavy atom. The molecule has 0 aromatic heterocycles. The number of aliphatic carboxylic acids is 1. The van der Waals surface area contributed by atoms with Gasteiger partial charge in [0, 0.05) is 11.3 Å². The predicted molar refractivity (Wildman–Crippen MR) is 67.8 cm³/mol. The quantitative estimate of drug-likeness (QED) is 0.670. The summed E-state index contributed by atoms with van der Waals surface area (Å²) in [6.07, 6.45) is -0.355. The van der Waals surface area contributed by atoms with Crippen molar-refractivity contribution in [2.45, 2.75) is 11.3 Å². The summed E-state index contributed by atoms with van der Waals surface area (Å²) in [6.45, 7) is 3.23. The third-order valence-electron chi connectivity index (χ3n) is 2.14. The molecule has 0 aliphatic carbocycles. The number of amides is 1. The van der Waals surface area contributed by atoms with Gasteiger partial charge < -0.3 is 10.4 Å². The summed E-state index contributed by atoms with van der Waals surface area (Å²) < 4.78 is 22.0. The molecule has 8 heteroatoms. The molecule has 0 heterocycles. The summed E-state index contributed by atoms with van der Waals surface area (Å²) in [5.41, 5.74) is 0.0919. The summed E-state index contributed by atoms with van der Waals surface area (Å²) in [6, 6.07) is 5.16. The largest absolute Gasteiger partial charge is 0.478 e. The first-order valence-corrected chi connectivity index (χ1v) is 6.58. The number of carbonyl (C=O) groups is 2. The number of rotatable bonds is 5. The lowest BCUT2D eigenvalue weighted by molar-refractivity contribution is -0.133. The highest BCUT2D eigenvalue weighted by Crippen LogP contribution is 2.13. The Balaban J connectivity index is 2.71. The molecular weight excluding hydrogens is 272 g/mol. The maximum atomic E-state index is 11.4. The molecule has 0 unspecified atom stereocenters. The number of sulfonamides is 1. The van der Waals surface area contributed by atoms with Crippen LogP contribution in [0.2, 0.25) is 0 Å². The van der Waals surface area contributed by atoms with Gasteiger partial charge in [-0.1, -0.05) is 6.58 Å². The van der Waals surface area contributed by atoms with Gasteiger partial charge in [-0.2, -0.15) is 0 Å².